The van der Waals surface area contributed by atoms with E-state index >= 15 is 0 Å². The van der Waals surface area contributed by atoms with Gasteiger partial charge in [0.25, 0.3) is 0 Å². The normalized spacial score (nSPS) is 16.2. The maximum Gasteiger partial charge on any atom is 0.417 e. The van der Waals surface area contributed by atoms with E-state index in [0.29, 0.717) is 17.6 Å². The Morgan fingerprint density at radius 1 is 1.00 bits per heavy atom. The van der Waals surface area contributed by atoms with Crippen molar-refractivity contribution in [2.45, 2.75) is 25.9 Å². The van der Waals surface area contributed by atoms with E-state index in [1.807, 2.05) is 48.5 Å². The van der Waals surface area contributed by atoms with Gasteiger partial charge in [0.2, 0.25) is 0 Å². The standard InChI is InChI=1S/C19H21ClN2O/c20-18-10-6-9-17(13-18)15-22(11-4-5-12-22)19(23)21-14-16-7-2-1-3-8-16/h1-3,6-10,13H,4-5,11-12,14-15H2/p+1. The average Bonchev–Trinajstić information content (AvgIpc) is 3.03. The van der Waals surface area contributed by atoms with Crippen molar-refractivity contribution in [1.82, 2.24) is 5.32 Å². The lowest BCUT2D eigenvalue weighted by Crippen LogP contribution is -2.54. The number of nitrogens with one attached hydrogen (secondary N) is 1. The summed E-state index contributed by atoms with van der Waals surface area (Å²) in [7, 11) is 0. The first-order valence-corrected chi connectivity index (χ1v) is 8.49. The molecule has 1 aliphatic rings. The SMILES string of the molecule is O=C(NCc1ccccc1)[N+]1(Cc2cccc(Cl)c2)CCCC1. The third-order valence-electron chi connectivity index (χ3n) is 4.51. The number of amides is 2. The number of hydrogen-bond acceptors (Lipinski definition) is 1. The average molecular weight is 330 g/mol. The molecule has 120 valence electrons. The lowest BCUT2D eigenvalue weighted by atomic mass is 10.2. The minimum Gasteiger partial charge on any atom is -0.302 e. The number of likely N-dealkylation sites (tertiary alicyclic amines) is 1. The minimum absolute atomic E-state index is 0.117. The van der Waals surface area contributed by atoms with Crippen molar-refractivity contribution in [3.8, 4) is 0 Å². The molecule has 2 aromatic rings. The molecule has 1 fully saturated rings. The molecular formula is C19H22ClN2O+. The molecule has 0 radical (unpaired) electrons. The van der Waals surface area contributed by atoms with Crippen molar-refractivity contribution in [1.29, 1.82) is 0 Å². The highest BCUT2D eigenvalue weighted by Gasteiger charge is 2.40. The first kappa shape index (κ1) is 16.0. The van der Waals surface area contributed by atoms with Gasteiger partial charge >= 0.3 is 6.03 Å². The highest BCUT2D eigenvalue weighted by molar-refractivity contribution is 6.30. The number of quaternary nitrogens is 1. The molecule has 3 nitrogen and oxygen atoms in total. The van der Waals surface area contributed by atoms with Crippen molar-refractivity contribution >= 4 is 17.6 Å². The monoisotopic (exact) mass is 329 g/mol. The Labute approximate surface area is 142 Å². The van der Waals surface area contributed by atoms with Crippen LogP contribution in [0.5, 0.6) is 0 Å². The van der Waals surface area contributed by atoms with Crippen molar-refractivity contribution in [2.24, 2.45) is 0 Å². The van der Waals surface area contributed by atoms with E-state index in [9.17, 15) is 4.79 Å². The van der Waals surface area contributed by atoms with Crippen LogP contribution in [0.25, 0.3) is 0 Å². The highest BCUT2D eigenvalue weighted by atomic mass is 35.5. The predicted molar refractivity (Wildman–Crippen MR) is 93.1 cm³/mol. The van der Waals surface area contributed by atoms with Gasteiger partial charge in [-0.15, -0.1) is 0 Å². The molecular weight excluding hydrogens is 308 g/mol. The molecule has 1 N–H and O–H groups in total. The van der Waals surface area contributed by atoms with E-state index in [-0.39, 0.29) is 6.03 Å². The second-order valence-corrected chi connectivity index (χ2v) is 6.67. The molecule has 0 saturated carbocycles. The van der Waals surface area contributed by atoms with Gasteiger partial charge in [0.1, 0.15) is 6.54 Å². The molecule has 0 aliphatic carbocycles. The molecule has 3 rings (SSSR count). The number of halogens is 1. The smallest absolute Gasteiger partial charge is 0.302 e. The van der Waals surface area contributed by atoms with E-state index in [1.54, 1.807) is 0 Å². The third-order valence-corrected chi connectivity index (χ3v) is 4.75. The van der Waals surface area contributed by atoms with Gasteiger partial charge in [-0.25, -0.2) is 9.28 Å². The fraction of sp³-hybridized carbons (Fsp3) is 0.316. The summed E-state index contributed by atoms with van der Waals surface area (Å²) in [6.45, 7) is 3.08. The molecule has 23 heavy (non-hydrogen) atoms. The molecule has 0 atom stereocenters. The van der Waals surface area contributed by atoms with Crippen molar-refractivity contribution in [3.63, 3.8) is 0 Å². The van der Waals surface area contributed by atoms with E-state index in [4.69, 9.17) is 11.6 Å². The fourth-order valence-corrected chi connectivity index (χ4v) is 3.51. The maximum absolute atomic E-state index is 12.9. The number of hydrogen-bond donors (Lipinski definition) is 1. The van der Waals surface area contributed by atoms with Crippen LogP contribution in [0.3, 0.4) is 0 Å². The zero-order valence-electron chi connectivity index (χ0n) is 13.2. The summed E-state index contributed by atoms with van der Waals surface area (Å²) in [5.74, 6) is 0. The molecule has 2 amide bonds. The van der Waals surface area contributed by atoms with Gasteiger partial charge < -0.3 is 5.32 Å². The van der Waals surface area contributed by atoms with Gasteiger partial charge in [-0.3, -0.25) is 0 Å². The van der Waals surface area contributed by atoms with E-state index in [2.05, 4.69) is 11.4 Å². The third kappa shape index (κ3) is 3.92. The zero-order valence-corrected chi connectivity index (χ0v) is 13.9. The summed E-state index contributed by atoms with van der Waals surface area (Å²) in [6.07, 6.45) is 2.19. The van der Waals surface area contributed by atoms with Crippen LogP contribution in [0.4, 0.5) is 4.79 Å². The molecule has 1 heterocycles. The molecule has 0 bridgehead atoms. The number of nitrogens with zero attached hydrogens (tertiary/aromatic N) is 1. The molecule has 0 spiro atoms. The van der Waals surface area contributed by atoms with Crippen molar-refractivity contribution in [3.05, 3.63) is 70.7 Å². The Hall–Kier alpha value is -1.84. The molecule has 0 aromatic heterocycles. The van der Waals surface area contributed by atoms with Gasteiger partial charge in [-0.05, 0) is 17.7 Å². The van der Waals surface area contributed by atoms with Crippen LogP contribution in [-0.4, -0.2) is 23.6 Å². The Balaban J connectivity index is 1.71. The molecule has 4 heteroatoms. The predicted octanol–water partition coefficient (Wildman–Crippen LogP) is 4.36. The van der Waals surface area contributed by atoms with Crippen LogP contribution < -0.4 is 5.32 Å². The molecule has 2 aromatic carbocycles. The Kier molecular flexibility index (Phi) is 4.99. The summed E-state index contributed by atoms with van der Waals surface area (Å²) in [5.41, 5.74) is 2.25. The van der Waals surface area contributed by atoms with Crippen LogP contribution >= 0.6 is 11.6 Å². The summed E-state index contributed by atoms with van der Waals surface area (Å²) in [6, 6.07) is 18.0. The van der Waals surface area contributed by atoms with E-state index in [0.717, 1.165) is 42.1 Å². The number of urea groups is 1. The molecule has 0 unspecified atom stereocenters. The first-order valence-electron chi connectivity index (χ1n) is 8.11. The summed E-state index contributed by atoms with van der Waals surface area (Å²) in [5, 5.41) is 3.84. The summed E-state index contributed by atoms with van der Waals surface area (Å²) in [4.78, 5) is 12.9. The quantitative estimate of drug-likeness (QED) is 0.830. The van der Waals surface area contributed by atoms with Crippen LogP contribution in [-0.2, 0) is 13.1 Å². The Morgan fingerprint density at radius 3 is 2.39 bits per heavy atom. The van der Waals surface area contributed by atoms with E-state index < -0.39 is 0 Å². The second-order valence-electron chi connectivity index (χ2n) is 6.23. The van der Waals surface area contributed by atoms with Crippen molar-refractivity contribution < 1.29 is 9.28 Å². The fourth-order valence-electron chi connectivity index (χ4n) is 3.30. The first-order chi connectivity index (χ1) is 11.2. The number of benzene rings is 2. The number of carbonyl (C=O) groups is 1. The second kappa shape index (κ2) is 7.16. The van der Waals surface area contributed by atoms with Gasteiger partial charge in [0.15, 0.2) is 0 Å². The maximum atomic E-state index is 12.9. The van der Waals surface area contributed by atoms with E-state index in [1.165, 1.54) is 0 Å². The summed E-state index contributed by atoms with van der Waals surface area (Å²) < 4.78 is 0.479. The highest BCUT2D eigenvalue weighted by Crippen LogP contribution is 2.25. The topological polar surface area (TPSA) is 29.1 Å². The van der Waals surface area contributed by atoms with Crippen LogP contribution in [0.2, 0.25) is 5.02 Å². The Bertz CT molecular complexity index is 666. The van der Waals surface area contributed by atoms with Crippen LogP contribution in [0.15, 0.2) is 54.6 Å². The van der Waals surface area contributed by atoms with Crippen LogP contribution in [0, 0.1) is 0 Å². The summed E-state index contributed by atoms with van der Waals surface area (Å²) >= 11 is 6.09. The van der Waals surface area contributed by atoms with Crippen LogP contribution in [0.1, 0.15) is 24.0 Å². The number of rotatable bonds is 4. The van der Waals surface area contributed by atoms with Gasteiger partial charge in [-0.2, -0.15) is 0 Å². The Morgan fingerprint density at radius 2 is 1.70 bits per heavy atom. The van der Waals surface area contributed by atoms with Gasteiger partial charge in [0.05, 0.1) is 13.1 Å². The zero-order chi connectivity index (χ0) is 16.1. The lowest BCUT2D eigenvalue weighted by Gasteiger charge is -2.31. The molecule has 1 saturated heterocycles. The minimum atomic E-state index is 0.117. The lowest BCUT2D eigenvalue weighted by molar-refractivity contribution is -0.851. The largest absolute Gasteiger partial charge is 0.417 e. The van der Waals surface area contributed by atoms with Crippen molar-refractivity contribution in [2.75, 3.05) is 13.1 Å². The van der Waals surface area contributed by atoms with Gasteiger partial charge in [-0.1, -0.05) is 54.1 Å². The molecule has 1 aliphatic heterocycles. The van der Waals surface area contributed by atoms with Gasteiger partial charge in [0, 0.05) is 30.0 Å². The number of carbonyl (C=O) groups excluding carboxylic acids is 1.